The van der Waals surface area contributed by atoms with E-state index in [0.29, 0.717) is 6.04 Å². The highest BCUT2D eigenvalue weighted by Crippen LogP contribution is 2.28. The second-order valence-electron chi connectivity index (χ2n) is 5.81. The van der Waals surface area contributed by atoms with E-state index in [1.807, 2.05) is 0 Å². The fraction of sp³-hybridized carbons (Fsp3) is 0.562. The van der Waals surface area contributed by atoms with Crippen molar-refractivity contribution in [3.8, 4) is 0 Å². The van der Waals surface area contributed by atoms with Gasteiger partial charge in [-0.1, -0.05) is 19.4 Å². The third-order valence-electron chi connectivity index (χ3n) is 4.20. The zero-order valence-corrected chi connectivity index (χ0v) is 12.2. The van der Waals surface area contributed by atoms with Crippen molar-refractivity contribution in [1.29, 1.82) is 0 Å². The molecule has 0 unspecified atom stereocenters. The Morgan fingerprint density at radius 2 is 2.21 bits per heavy atom. The third kappa shape index (κ3) is 2.27. The SMILES string of the molecule is CCCc1ccc2nc(C)n([C@@H]3CCN(C)C3)c2c1. The molecule has 1 aliphatic heterocycles. The van der Waals surface area contributed by atoms with Crippen LogP contribution >= 0.6 is 0 Å². The second kappa shape index (κ2) is 4.97. The largest absolute Gasteiger partial charge is 0.324 e. The number of aryl methyl sites for hydroxylation is 2. The van der Waals surface area contributed by atoms with Crippen molar-refractivity contribution in [2.45, 2.75) is 39.2 Å². The Kier molecular flexibility index (Phi) is 3.31. The van der Waals surface area contributed by atoms with Crippen molar-refractivity contribution < 1.29 is 0 Å². The maximum absolute atomic E-state index is 4.73. The van der Waals surface area contributed by atoms with Crippen LogP contribution in [0, 0.1) is 6.92 Å². The molecule has 0 aliphatic carbocycles. The van der Waals surface area contributed by atoms with Crippen LogP contribution in [0.2, 0.25) is 0 Å². The van der Waals surface area contributed by atoms with Gasteiger partial charge in [-0.05, 0) is 51.1 Å². The molecule has 3 rings (SSSR count). The third-order valence-corrected chi connectivity index (χ3v) is 4.20. The molecule has 0 amide bonds. The molecule has 1 fully saturated rings. The van der Waals surface area contributed by atoms with Gasteiger partial charge in [0.2, 0.25) is 0 Å². The summed E-state index contributed by atoms with van der Waals surface area (Å²) >= 11 is 0. The van der Waals surface area contributed by atoms with Crippen LogP contribution in [0.5, 0.6) is 0 Å². The highest BCUT2D eigenvalue weighted by atomic mass is 15.2. The molecule has 0 N–H and O–H groups in total. The molecule has 3 heteroatoms. The zero-order valence-electron chi connectivity index (χ0n) is 12.2. The Labute approximate surface area is 115 Å². The maximum Gasteiger partial charge on any atom is 0.107 e. The van der Waals surface area contributed by atoms with E-state index in [0.717, 1.165) is 24.3 Å². The first-order valence-electron chi connectivity index (χ1n) is 7.35. The van der Waals surface area contributed by atoms with Gasteiger partial charge in [-0.15, -0.1) is 0 Å². The van der Waals surface area contributed by atoms with Gasteiger partial charge in [-0.25, -0.2) is 4.98 Å². The van der Waals surface area contributed by atoms with E-state index in [1.54, 1.807) is 0 Å². The summed E-state index contributed by atoms with van der Waals surface area (Å²) in [4.78, 5) is 7.14. The summed E-state index contributed by atoms with van der Waals surface area (Å²) in [5.74, 6) is 1.16. The van der Waals surface area contributed by atoms with Gasteiger partial charge in [-0.2, -0.15) is 0 Å². The first kappa shape index (κ1) is 12.7. The van der Waals surface area contributed by atoms with Crippen molar-refractivity contribution in [2.24, 2.45) is 0 Å². The highest BCUT2D eigenvalue weighted by molar-refractivity contribution is 5.77. The number of benzene rings is 1. The Morgan fingerprint density at radius 1 is 1.37 bits per heavy atom. The van der Waals surface area contributed by atoms with Gasteiger partial charge >= 0.3 is 0 Å². The van der Waals surface area contributed by atoms with Crippen molar-refractivity contribution in [1.82, 2.24) is 14.5 Å². The average molecular weight is 257 g/mol. The molecule has 0 saturated carbocycles. The maximum atomic E-state index is 4.73. The first-order valence-corrected chi connectivity index (χ1v) is 7.35. The molecule has 3 nitrogen and oxygen atoms in total. The van der Waals surface area contributed by atoms with Crippen molar-refractivity contribution in [2.75, 3.05) is 20.1 Å². The topological polar surface area (TPSA) is 21.1 Å². The molecule has 0 spiro atoms. The number of hydrogen-bond acceptors (Lipinski definition) is 2. The lowest BCUT2D eigenvalue weighted by Gasteiger charge is -2.15. The van der Waals surface area contributed by atoms with E-state index in [-0.39, 0.29) is 0 Å². The molecule has 19 heavy (non-hydrogen) atoms. The van der Waals surface area contributed by atoms with Crippen molar-refractivity contribution in [3.05, 3.63) is 29.6 Å². The Bertz CT molecular complexity index is 585. The van der Waals surface area contributed by atoms with Crippen LogP contribution in [0.1, 0.15) is 37.2 Å². The monoisotopic (exact) mass is 257 g/mol. The second-order valence-corrected chi connectivity index (χ2v) is 5.81. The molecule has 0 bridgehead atoms. The van der Waals surface area contributed by atoms with Crippen LogP contribution < -0.4 is 0 Å². The number of imidazole rings is 1. The fourth-order valence-electron chi connectivity index (χ4n) is 3.29. The molecule has 1 saturated heterocycles. The number of fused-ring (bicyclic) bond motifs is 1. The van der Waals surface area contributed by atoms with Crippen LogP contribution in [0.4, 0.5) is 0 Å². The van der Waals surface area contributed by atoms with Gasteiger partial charge in [0.05, 0.1) is 11.0 Å². The minimum atomic E-state index is 0.590. The normalized spacial score (nSPS) is 20.5. The quantitative estimate of drug-likeness (QED) is 0.842. The molecule has 2 heterocycles. The minimum absolute atomic E-state index is 0.590. The minimum Gasteiger partial charge on any atom is -0.324 e. The average Bonchev–Trinajstić information content (AvgIpc) is 2.92. The van der Waals surface area contributed by atoms with Gasteiger partial charge in [0.1, 0.15) is 5.82 Å². The lowest BCUT2D eigenvalue weighted by molar-refractivity contribution is 0.393. The number of likely N-dealkylation sites (N-methyl/N-ethyl adjacent to an activating group) is 1. The lowest BCUT2D eigenvalue weighted by atomic mass is 10.1. The summed E-state index contributed by atoms with van der Waals surface area (Å²) in [6, 6.07) is 7.34. The molecule has 1 aliphatic rings. The standard InChI is InChI=1S/C16H23N3/c1-4-5-13-6-7-15-16(10-13)19(12(2)17-15)14-8-9-18(3)11-14/h6-7,10,14H,4-5,8-9,11H2,1-3H3/t14-/m1/s1. The fourth-order valence-corrected chi connectivity index (χ4v) is 3.29. The molecule has 1 atom stereocenters. The summed E-state index contributed by atoms with van der Waals surface area (Å²) in [6.45, 7) is 6.71. The van der Waals surface area contributed by atoms with Crippen LogP contribution in [0.3, 0.4) is 0 Å². The van der Waals surface area contributed by atoms with Crippen LogP contribution in [0.15, 0.2) is 18.2 Å². The molecule has 2 aromatic rings. The number of aromatic nitrogens is 2. The summed E-state index contributed by atoms with van der Waals surface area (Å²) in [5, 5.41) is 0. The van der Waals surface area contributed by atoms with Gasteiger partial charge in [-0.3, -0.25) is 0 Å². The first-order chi connectivity index (χ1) is 9.19. The van der Waals surface area contributed by atoms with E-state index in [4.69, 9.17) is 4.98 Å². The summed E-state index contributed by atoms with van der Waals surface area (Å²) in [6.07, 6.45) is 3.59. The summed E-state index contributed by atoms with van der Waals surface area (Å²) in [5.41, 5.74) is 3.90. The summed E-state index contributed by atoms with van der Waals surface area (Å²) in [7, 11) is 2.21. The van der Waals surface area contributed by atoms with Gasteiger partial charge in [0.15, 0.2) is 0 Å². The van der Waals surface area contributed by atoms with E-state index < -0.39 is 0 Å². The Hall–Kier alpha value is -1.35. The van der Waals surface area contributed by atoms with Gasteiger partial charge in [0.25, 0.3) is 0 Å². The Balaban J connectivity index is 2.06. The smallest absolute Gasteiger partial charge is 0.107 e. The molecular weight excluding hydrogens is 234 g/mol. The van der Waals surface area contributed by atoms with Gasteiger partial charge < -0.3 is 9.47 Å². The number of rotatable bonds is 3. The van der Waals surface area contributed by atoms with Crippen molar-refractivity contribution >= 4 is 11.0 Å². The van der Waals surface area contributed by atoms with Crippen LogP contribution in [-0.4, -0.2) is 34.6 Å². The van der Waals surface area contributed by atoms with Crippen LogP contribution in [-0.2, 0) is 6.42 Å². The molecule has 102 valence electrons. The van der Waals surface area contributed by atoms with E-state index in [9.17, 15) is 0 Å². The predicted octanol–water partition coefficient (Wildman–Crippen LogP) is 3.17. The molecule has 1 aromatic carbocycles. The zero-order chi connectivity index (χ0) is 13.4. The van der Waals surface area contributed by atoms with E-state index in [1.165, 1.54) is 30.5 Å². The van der Waals surface area contributed by atoms with Crippen molar-refractivity contribution in [3.63, 3.8) is 0 Å². The number of likely N-dealkylation sites (tertiary alicyclic amines) is 1. The lowest BCUT2D eigenvalue weighted by Crippen LogP contribution is -2.17. The highest BCUT2D eigenvalue weighted by Gasteiger charge is 2.24. The number of hydrogen-bond donors (Lipinski definition) is 0. The van der Waals surface area contributed by atoms with Crippen LogP contribution in [0.25, 0.3) is 11.0 Å². The van der Waals surface area contributed by atoms with E-state index >= 15 is 0 Å². The predicted molar refractivity (Wildman–Crippen MR) is 79.6 cm³/mol. The Morgan fingerprint density at radius 3 is 2.89 bits per heavy atom. The summed E-state index contributed by atoms with van der Waals surface area (Å²) < 4.78 is 2.46. The number of nitrogens with zero attached hydrogens (tertiary/aromatic N) is 3. The van der Waals surface area contributed by atoms with Gasteiger partial charge in [0, 0.05) is 12.6 Å². The molecule has 1 aromatic heterocycles. The van der Waals surface area contributed by atoms with E-state index in [2.05, 4.69) is 48.6 Å². The molecule has 0 radical (unpaired) electrons. The molecular formula is C16H23N3.